The number of nitrogens with zero attached hydrogens (tertiary/aromatic N) is 1. The molecule has 0 saturated carbocycles. The minimum atomic E-state index is -5.23. The number of alkyl halides is 3. The van der Waals surface area contributed by atoms with Crippen molar-refractivity contribution in [1.29, 1.82) is 0 Å². The fraction of sp³-hybridized carbons (Fsp3) is 0.625. The van der Waals surface area contributed by atoms with Crippen molar-refractivity contribution in [1.82, 2.24) is 15.7 Å². The number of benzene rings is 1. The summed E-state index contributed by atoms with van der Waals surface area (Å²) in [6, 6.07) is 5.92. The van der Waals surface area contributed by atoms with Crippen molar-refractivity contribution in [3.05, 3.63) is 34.9 Å². The normalized spacial score (nSPS) is 15.1. The van der Waals surface area contributed by atoms with Crippen molar-refractivity contribution in [2.45, 2.75) is 71.6 Å². The van der Waals surface area contributed by atoms with Crippen LogP contribution in [0.25, 0.3) is 0 Å². The molecule has 0 saturated heterocycles. The van der Waals surface area contributed by atoms with Crippen LogP contribution in [0.4, 0.5) is 13.2 Å². The Morgan fingerprint density at radius 1 is 1.06 bits per heavy atom. The van der Waals surface area contributed by atoms with E-state index in [2.05, 4.69) is 15.1 Å². The summed E-state index contributed by atoms with van der Waals surface area (Å²) in [7, 11) is 0. The van der Waals surface area contributed by atoms with Gasteiger partial charge >= 0.3 is 12.1 Å². The van der Waals surface area contributed by atoms with E-state index < -0.39 is 30.4 Å². The molecule has 1 unspecified atom stereocenters. The third-order valence-corrected chi connectivity index (χ3v) is 5.99. The second kappa shape index (κ2) is 12.3. The van der Waals surface area contributed by atoms with Gasteiger partial charge < -0.3 is 10.2 Å². The van der Waals surface area contributed by atoms with Crippen molar-refractivity contribution in [3.63, 3.8) is 0 Å². The Kier molecular flexibility index (Phi) is 10.1. The average molecular weight is 486 g/mol. The summed E-state index contributed by atoms with van der Waals surface area (Å²) in [4.78, 5) is 42.6. The number of nitrogens with one attached hydrogen (secondary N) is 2. The number of Topliss-reactive ketones (excluding diaryl/α,β-unsaturated/α-hetero) is 1. The molecule has 34 heavy (non-hydrogen) atoms. The molecule has 1 amide bonds. The van der Waals surface area contributed by atoms with Gasteiger partial charge in [-0.2, -0.15) is 18.7 Å². The fourth-order valence-electron chi connectivity index (χ4n) is 4.23. The van der Waals surface area contributed by atoms with Crippen molar-refractivity contribution in [2.75, 3.05) is 19.6 Å². The van der Waals surface area contributed by atoms with E-state index in [0.29, 0.717) is 18.5 Å². The summed E-state index contributed by atoms with van der Waals surface area (Å²) in [5.41, 5.74) is 4.24. The Hall–Kier alpha value is -2.46. The van der Waals surface area contributed by atoms with Gasteiger partial charge in [0, 0.05) is 30.0 Å². The lowest BCUT2D eigenvalue weighted by molar-refractivity contribution is -0.207. The molecule has 1 aliphatic heterocycles. The van der Waals surface area contributed by atoms with Crippen LogP contribution in [0.2, 0.25) is 0 Å². The standard InChI is InChI=1S/C24H34F3N3O4/c1-15(2)30(16(3)4)12-9-20(14-21(31)29-34-23(33)24(25,26)27)22(32)19-6-5-17-7-10-28-11-8-18(17)13-19/h5-6,13,15-16,20,28H,7-12,14H2,1-4H3,(H,29,31). The molecule has 190 valence electrons. The number of carbonyl (C=O) groups excluding carboxylic acids is 3. The van der Waals surface area contributed by atoms with Crippen LogP contribution in [-0.4, -0.2) is 60.5 Å². The predicted molar refractivity (Wildman–Crippen MR) is 121 cm³/mol. The lowest BCUT2D eigenvalue weighted by Gasteiger charge is -2.31. The lowest BCUT2D eigenvalue weighted by Crippen LogP contribution is -2.40. The second-order valence-electron chi connectivity index (χ2n) is 9.13. The third kappa shape index (κ3) is 8.09. The molecule has 2 N–H and O–H groups in total. The molecule has 2 rings (SSSR count). The number of ketones is 1. The summed E-state index contributed by atoms with van der Waals surface area (Å²) >= 11 is 0. The van der Waals surface area contributed by atoms with Gasteiger partial charge in [-0.1, -0.05) is 12.1 Å². The first-order valence-electron chi connectivity index (χ1n) is 11.6. The Bertz CT molecular complexity index is 864. The molecule has 1 aromatic rings. The van der Waals surface area contributed by atoms with E-state index in [-0.39, 0.29) is 17.9 Å². The molecular formula is C24H34F3N3O4. The number of hydrogen-bond acceptors (Lipinski definition) is 6. The maximum absolute atomic E-state index is 13.4. The monoisotopic (exact) mass is 485 g/mol. The minimum absolute atomic E-state index is 0.206. The Balaban J connectivity index is 2.18. The molecule has 7 nitrogen and oxygen atoms in total. The van der Waals surface area contributed by atoms with E-state index in [1.54, 1.807) is 6.07 Å². The first-order chi connectivity index (χ1) is 15.9. The molecule has 0 fully saturated rings. The fourth-order valence-corrected chi connectivity index (χ4v) is 4.23. The van der Waals surface area contributed by atoms with Gasteiger partial charge in [0.15, 0.2) is 5.78 Å². The summed E-state index contributed by atoms with van der Waals surface area (Å²) < 4.78 is 37.0. The van der Waals surface area contributed by atoms with Gasteiger partial charge in [-0.15, -0.1) is 0 Å². The van der Waals surface area contributed by atoms with E-state index in [1.165, 1.54) is 11.0 Å². The summed E-state index contributed by atoms with van der Waals surface area (Å²) in [6.07, 6.45) is -3.66. The highest BCUT2D eigenvalue weighted by Crippen LogP contribution is 2.23. The number of hydrogen-bond donors (Lipinski definition) is 2. The first kappa shape index (κ1) is 27.8. The molecule has 1 heterocycles. The van der Waals surface area contributed by atoms with Crippen LogP contribution < -0.4 is 10.8 Å². The van der Waals surface area contributed by atoms with Crippen LogP contribution in [0, 0.1) is 5.92 Å². The number of rotatable bonds is 9. The quantitative estimate of drug-likeness (QED) is 0.413. The Morgan fingerprint density at radius 2 is 1.68 bits per heavy atom. The first-order valence-corrected chi connectivity index (χ1v) is 11.6. The zero-order valence-corrected chi connectivity index (χ0v) is 20.1. The van der Waals surface area contributed by atoms with Crippen LogP contribution in [0.3, 0.4) is 0 Å². The molecule has 0 radical (unpaired) electrons. The number of hydroxylamine groups is 1. The number of halogens is 3. The van der Waals surface area contributed by atoms with Crippen molar-refractivity contribution >= 4 is 17.7 Å². The largest absolute Gasteiger partial charge is 0.493 e. The topological polar surface area (TPSA) is 87.7 Å². The maximum atomic E-state index is 13.4. The van der Waals surface area contributed by atoms with Gasteiger partial charge in [-0.3, -0.25) is 14.5 Å². The SMILES string of the molecule is CC(C)N(CCC(CC(=O)NOC(=O)C(F)(F)F)C(=O)c1ccc2c(c1)CCNCC2)C(C)C. The van der Waals surface area contributed by atoms with Crippen LogP contribution in [-0.2, 0) is 27.3 Å². The average Bonchev–Trinajstić information content (AvgIpc) is 3.00. The Morgan fingerprint density at radius 3 is 2.26 bits per heavy atom. The molecule has 0 aromatic heterocycles. The Labute approximate surface area is 198 Å². The van der Waals surface area contributed by atoms with E-state index in [4.69, 9.17) is 0 Å². The highest BCUT2D eigenvalue weighted by atomic mass is 19.4. The van der Waals surface area contributed by atoms with Crippen molar-refractivity contribution in [2.24, 2.45) is 5.92 Å². The van der Waals surface area contributed by atoms with E-state index in [9.17, 15) is 27.6 Å². The molecule has 0 aliphatic carbocycles. The number of amides is 1. The second-order valence-corrected chi connectivity index (χ2v) is 9.13. The summed E-state index contributed by atoms with van der Waals surface area (Å²) in [5, 5.41) is 3.31. The summed E-state index contributed by atoms with van der Waals surface area (Å²) in [5.74, 6) is -4.53. The summed E-state index contributed by atoms with van der Waals surface area (Å²) in [6.45, 7) is 10.3. The van der Waals surface area contributed by atoms with Crippen molar-refractivity contribution in [3.8, 4) is 0 Å². The molecular weight excluding hydrogens is 451 g/mol. The van der Waals surface area contributed by atoms with E-state index >= 15 is 0 Å². The van der Waals surface area contributed by atoms with Crippen LogP contribution >= 0.6 is 0 Å². The number of fused-ring (bicyclic) bond motifs is 1. The predicted octanol–water partition coefficient (Wildman–Crippen LogP) is 3.21. The van der Waals surface area contributed by atoms with E-state index in [0.717, 1.165) is 31.5 Å². The molecule has 1 aromatic carbocycles. The molecule has 1 aliphatic rings. The minimum Gasteiger partial charge on any atom is -0.332 e. The van der Waals surface area contributed by atoms with Crippen LogP contribution in [0.15, 0.2) is 18.2 Å². The molecule has 0 spiro atoms. The third-order valence-electron chi connectivity index (χ3n) is 5.99. The van der Waals surface area contributed by atoms with Crippen molar-refractivity contribution < 1.29 is 32.4 Å². The van der Waals surface area contributed by atoms with Crippen LogP contribution in [0.5, 0.6) is 0 Å². The van der Waals surface area contributed by atoms with Gasteiger partial charge in [0.1, 0.15) is 0 Å². The zero-order valence-electron chi connectivity index (χ0n) is 20.1. The van der Waals surface area contributed by atoms with Gasteiger partial charge in [0.05, 0.1) is 0 Å². The highest BCUT2D eigenvalue weighted by molar-refractivity contribution is 6.00. The van der Waals surface area contributed by atoms with Gasteiger partial charge in [0.2, 0.25) is 0 Å². The van der Waals surface area contributed by atoms with Gasteiger partial charge in [-0.25, -0.2) is 4.79 Å². The highest BCUT2D eigenvalue weighted by Gasteiger charge is 2.42. The van der Waals surface area contributed by atoms with Gasteiger partial charge in [-0.05, 0) is 83.8 Å². The lowest BCUT2D eigenvalue weighted by atomic mass is 9.88. The van der Waals surface area contributed by atoms with E-state index in [1.807, 2.05) is 39.8 Å². The number of carbonyl (C=O) groups is 3. The molecule has 1 atom stereocenters. The molecule has 0 bridgehead atoms. The van der Waals surface area contributed by atoms with Crippen LogP contribution in [0.1, 0.15) is 62.0 Å². The molecule has 10 heteroatoms. The zero-order chi connectivity index (χ0) is 25.5. The smallest absolute Gasteiger partial charge is 0.332 e. The maximum Gasteiger partial charge on any atom is 0.493 e. The van der Waals surface area contributed by atoms with Gasteiger partial charge in [0.25, 0.3) is 5.91 Å².